The zero-order chi connectivity index (χ0) is 13.7. The summed E-state index contributed by atoms with van der Waals surface area (Å²) in [6.07, 6.45) is 0.446. The third kappa shape index (κ3) is 3.84. The Labute approximate surface area is 112 Å². The van der Waals surface area contributed by atoms with Crippen molar-refractivity contribution in [2.45, 2.75) is 32.1 Å². The van der Waals surface area contributed by atoms with Crippen LogP contribution in [-0.4, -0.2) is 24.2 Å². The molecule has 0 amide bonds. The van der Waals surface area contributed by atoms with Gasteiger partial charge in [-0.3, -0.25) is 9.59 Å². The summed E-state index contributed by atoms with van der Waals surface area (Å²) in [6, 6.07) is 5.67. The molecule has 98 valence electrons. The van der Waals surface area contributed by atoms with E-state index in [4.69, 9.17) is 11.6 Å². The van der Waals surface area contributed by atoms with Gasteiger partial charge < -0.3 is 4.74 Å². The molecule has 1 aromatic carbocycles. The molecule has 0 bridgehead atoms. The highest BCUT2D eigenvalue weighted by atomic mass is 35.5. The second kappa shape index (κ2) is 6.55. The number of benzene rings is 1. The quantitative estimate of drug-likeness (QED) is 0.468. The van der Waals surface area contributed by atoms with Crippen molar-refractivity contribution in [1.82, 2.24) is 0 Å². The molecular weight excluding hydrogens is 252 g/mol. The molecule has 4 heteroatoms. The number of esters is 1. The first kappa shape index (κ1) is 14.7. The highest BCUT2D eigenvalue weighted by molar-refractivity contribution is 6.34. The number of hydrogen-bond acceptors (Lipinski definition) is 3. The number of ether oxygens (including phenoxy) is 1. The summed E-state index contributed by atoms with van der Waals surface area (Å²) in [7, 11) is 1.32. The van der Waals surface area contributed by atoms with Gasteiger partial charge in [0.1, 0.15) is 0 Å². The first-order valence-corrected chi connectivity index (χ1v) is 6.21. The fourth-order valence-corrected chi connectivity index (χ4v) is 1.87. The number of hydrogen-bond donors (Lipinski definition) is 0. The number of carbonyl (C=O) groups excluding carboxylic acids is 2. The summed E-state index contributed by atoms with van der Waals surface area (Å²) in [4.78, 5) is 23.1. The lowest BCUT2D eigenvalue weighted by Gasteiger charge is -2.10. The molecular formula is C14H17ClO3. The molecule has 0 saturated carbocycles. The van der Waals surface area contributed by atoms with Crippen molar-refractivity contribution in [3.63, 3.8) is 0 Å². The molecule has 0 saturated heterocycles. The SMILES string of the molecule is COC(=O)CCC(Cl)C(=O)c1cc(C)ccc1C. The van der Waals surface area contributed by atoms with Gasteiger partial charge in [-0.2, -0.15) is 0 Å². The Morgan fingerprint density at radius 3 is 2.61 bits per heavy atom. The van der Waals surface area contributed by atoms with Crippen molar-refractivity contribution in [3.05, 3.63) is 34.9 Å². The van der Waals surface area contributed by atoms with Gasteiger partial charge in [0.2, 0.25) is 0 Å². The number of halogens is 1. The summed E-state index contributed by atoms with van der Waals surface area (Å²) < 4.78 is 4.52. The molecule has 1 rings (SSSR count). The van der Waals surface area contributed by atoms with E-state index in [-0.39, 0.29) is 18.2 Å². The first-order chi connectivity index (χ1) is 8.45. The zero-order valence-corrected chi connectivity index (χ0v) is 11.6. The van der Waals surface area contributed by atoms with Crippen LogP contribution < -0.4 is 0 Å². The molecule has 0 spiro atoms. The van der Waals surface area contributed by atoms with Crippen molar-refractivity contribution < 1.29 is 14.3 Å². The smallest absolute Gasteiger partial charge is 0.305 e. The fraction of sp³-hybridized carbons (Fsp3) is 0.429. The lowest BCUT2D eigenvalue weighted by Crippen LogP contribution is -2.17. The van der Waals surface area contributed by atoms with Crippen LogP contribution in [0.25, 0.3) is 0 Å². The van der Waals surface area contributed by atoms with Crippen molar-refractivity contribution in [3.8, 4) is 0 Å². The van der Waals surface area contributed by atoms with Crippen LogP contribution in [0.1, 0.15) is 34.3 Å². The average Bonchev–Trinajstić information content (AvgIpc) is 2.37. The minimum Gasteiger partial charge on any atom is -0.469 e. The molecule has 18 heavy (non-hydrogen) atoms. The Morgan fingerprint density at radius 1 is 1.33 bits per heavy atom. The molecule has 0 aliphatic heterocycles. The minimum absolute atomic E-state index is 0.137. The maximum atomic E-state index is 12.1. The molecule has 0 fully saturated rings. The molecule has 3 nitrogen and oxygen atoms in total. The van der Waals surface area contributed by atoms with Crippen molar-refractivity contribution in [1.29, 1.82) is 0 Å². The zero-order valence-electron chi connectivity index (χ0n) is 10.8. The van der Waals surface area contributed by atoms with Gasteiger partial charge in [0.05, 0.1) is 12.5 Å². The van der Waals surface area contributed by atoms with Crippen LogP contribution in [0.15, 0.2) is 18.2 Å². The van der Waals surface area contributed by atoms with E-state index in [0.717, 1.165) is 11.1 Å². The third-order valence-corrected chi connectivity index (χ3v) is 3.19. The first-order valence-electron chi connectivity index (χ1n) is 5.78. The van der Waals surface area contributed by atoms with Crippen LogP contribution in [0.2, 0.25) is 0 Å². The number of rotatable bonds is 5. The van der Waals surface area contributed by atoms with Crippen LogP contribution in [0.4, 0.5) is 0 Å². The summed E-state index contributed by atoms with van der Waals surface area (Å²) in [5, 5.41) is -0.690. The van der Waals surface area contributed by atoms with E-state index >= 15 is 0 Å². The van der Waals surface area contributed by atoms with Crippen LogP contribution >= 0.6 is 11.6 Å². The van der Waals surface area contributed by atoms with E-state index in [0.29, 0.717) is 12.0 Å². The van der Waals surface area contributed by atoms with E-state index in [1.807, 2.05) is 32.0 Å². The molecule has 0 radical (unpaired) electrons. The molecule has 0 aromatic heterocycles. The van der Waals surface area contributed by atoms with Crippen molar-refractivity contribution >= 4 is 23.4 Å². The Kier molecular flexibility index (Phi) is 5.35. The molecule has 0 aliphatic rings. The van der Waals surface area contributed by atoms with Gasteiger partial charge in [-0.25, -0.2) is 0 Å². The van der Waals surface area contributed by atoms with Crippen LogP contribution in [-0.2, 0) is 9.53 Å². The predicted octanol–water partition coefficient (Wildman–Crippen LogP) is 3.05. The largest absolute Gasteiger partial charge is 0.469 e. The number of methoxy groups -OCH3 is 1. The highest BCUT2D eigenvalue weighted by Crippen LogP contribution is 2.18. The third-order valence-electron chi connectivity index (χ3n) is 2.77. The minimum atomic E-state index is -0.690. The van der Waals surface area contributed by atoms with Crippen LogP contribution in [0, 0.1) is 13.8 Å². The molecule has 0 aliphatic carbocycles. The van der Waals surface area contributed by atoms with Gasteiger partial charge >= 0.3 is 5.97 Å². The Morgan fingerprint density at radius 2 is 2.00 bits per heavy atom. The highest BCUT2D eigenvalue weighted by Gasteiger charge is 2.20. The topological polar surface area (TPSA) is 43.4 Å². The summed E-state index contributed by atoms with van der Waals surface area (Å²) in [6.45, 7) is 3.80. The molecule has 0 N–H and O–H groups in total. The van der Waals surface area contributed by atoms with Crippen LogP contribution in [0.3, 0.4) is 0 Å². The van der Waals surface area contributed by atoms with Crippen molar-refractivity contribution in [2.75, 3.05) is 7.11 Å². The summed E-state index contributed by atoms with van der Waals surface area (Å²) >= 11 is 6.03. The van der Waals surface area contributed by atoms with E-state index in [2.05, 4.69) is 4.74 Å². The number of ketones is 1. The maximum absolute atomic E-state index is 12.1. The number of Topliss-reactive ketones (excluding diaryl/α,β-unsaturated/α-hetero) is 1. The lowest BCUT2D eigenvalue weighted by molar-refractivity contribution is -0.140. The summed E-state index contributed by atoms with van der Waals surface area (Å²) in [5.41, 5.74) is 2.54. The Balaban J connectivity index is 2.74. The van der Waals surface area contributed by atoms with Gasteiger partial charge in [0.25, 0.3) is 0 Å². The average molecular weight is 269 g/mol. The number of aryl methyl sites for hydroxylation is 2. The van der Waals surface area contributed by atoms with Gasteiger partial charge in [-0.15, -0.1) is 11.6 Å². The van der Waals surface area contributed by atoms with E-state index in [1.165, 1.54) is 7.11 Å². The fourth-order valence-electron chi connectivity index (χ4n) is 1.65. The van der Waals surface area contributed by atoms with Gasteiger partial charge in [0, 0.05) is 12.0 Å². The van der Waals surface area contributed by atoms with E-state index in [1.54, 1.807) is 0 Å². The van der Waals surface area contributed by atoms with E-state index in [9.17, 15) is 9.59 Å². The normalized spacial score (nSPS) is 12.0. The molecule has 0 heterocycles. The second-order valence-electron chi connectivity index (χ2n) is 4.26. The van der Waals surface area contributed by atoms with Gasteiger partial charge in [-0.05, 0) is 31.9 Å². The maximum Gasteiger partial charge on any atom is 0.305 e. The summed E-state index contributed by atoms with van der Waals surface area (Å²) in [5.74, 6) is -0.490. The van der Waals surface area contributed by atoms with Crippen molar-refractivity contribution in [2.24, 2.45) is 0 Å². The lowest BCUT2D eigenvalue weighted by atomic mass is 9.98. The second-order valence-corrected chi connectivity index (χ2v) is 4.79. The van der Waals surface area contributed by atoms with Gasteiger partial charge in [0.15, 0.2) is 5.78 Å². The predicted molar refractivity (Wildman–Crippen MR) is 71.1 cm³/mol. The number of carbonyl (C=O) groups is 2. The van der Waals surface area contributed by atoms with E-state index < -0.39 is 5.38 Å². The Hall–Kier alpha value is -1.35. The van der Waals surface area contributed by atoms with Gasteiger partial charge in [-0.1, -0.05) is 17.7 Å². The standard InChI is InChI=1S/C14H17ClO3/c1-9-4-5-10(2)11(8-9)14(17)12(15)6-7-13(16)18-3/h4-5,8,12H,6-7H2,1-3H3. The molecule has 1 aromatic rings. The molecule has 1 atom stereocenters. The monoisotopic (exact) mass is 268 g/mol. The Bertz CT molecular complexity index is 454. The molecule has 1 unspecified atom stereocenters. The number of alkyl halides is 1. The van der Waals surface area contributed by atoms with Crippen LogP contribution in [0.5, 0.6) is 0 Å².